The Bertz CT molecular complexity index is 621. The van der Waals surface area contributed by atoms with Gasteiger partial charge in [0.1, 0.15) is 10.8 Å². The zero-order chi connectivity index (χ0) is 14.1. The van der Waals surface area contributed by atoms with Crippen LogP contribution in [-0.4, -0.2) is 17.4 Å². The van der Waals surface area contributed by atoms with E-state index >= 15 is 0 Å². The molecule has 5 heteroatoms. The Balaban J connectivity index is 1.70. The van der Waals surface area contributed by atoms with Crippen molar-refractivity contribution in [3.8, 4) is 17.0 Å². The average Bonchev–Trinajstić information content (AvgIpc) is 3.02. The third-order valence-corrected chi connectivity index (χ3v) is 4.29. The minimum absolute atomic E-state index is 0.113. The van der Waals surface area contributed by atoms with Crippen molar-refractivity contribution in [1.82, 2.24) is 4.37 Å². The molecule has 2 atom stereocenters. The van der Waals surface area contributed by atoms with Crippen molar-refractivity contribution >= 4 is 22.4 Å². The van der Waals surface area contributed by atoms with E-state index in [1.54, 1.807) is 7.11 Å². The lowest BCUT2D eigenvalue weighted by Gasteiger charge is -2.00. The number of ether oxygens (including phenoxy) is 1. The first-order chi connectivity index (χ1) is 9.67. The maximum Gasteiger partial charge on any atom is 0.228 e. The lowest BCUT2D eigenvalue weighted by Crippen LogP contribution is -2.13. The maximum absolute atomic E-state index is 11.9. The Morgan fingerprint density at radius 2 is 2.10 bits per heavy atom. The van der Waals surface area contributed by atoms with Crippen molar-refractivity contribution in [1.29, 1.82) is 0 Å². The van der Waals surface area contributed by atoms with Crippen molar-refractivity contribution in [3.05, 3.63) is 30.3 Å². The number of amides is 1. The average molecular weight is 288 g/mol. The minimum Gasteiger partial charge on any atom is -0.497 e. The molecule has 2 aromatic rings. The molecule has 0 bridgehead atoms. The van der Waals surface area contributed by atoms with Gasteiger partial charge in [0.05, 0.1) is 12.8 Å². The second-order valence-corrected chi connectivity index (χ2v) is 5.92. The van der Waals surface area contributed by atoms with Crippen LogP contribution in [0.5, 0.6) is 5.75 Å². The van der Waals surface area contributed by atoms with Crippen LogP contribution in [0.3, 0.4) is 0 Å². The third-order valence-electron chi connectivity index (χ3n) is 3.59. The van der Waals surface area contributed by atoms with E-state index in [2.05, 4.69) is 16.6 Å². The minimum atomic E-state index is 0.113. The van der Waals surface area contributed by atoms with Gasteiger partial charge >= 0.3 is 0 Å². The number of nitrogens with one attached hydrogen (secondary N) is 1. The summed E-state index contributed by atoms with van der Waals surface area (Å²) in [7, 11) is 1.64. The van der Waals surface area contributed by atoms with Crippen LogP contribution in [0, 0.1) is 11.8 Å². The van der Waals surface area contributed by atoms with Gasteiger partial charge in [0.2, 0.25) is 5.91 Å². The number of nitrogens with zero attached hydrogens (tertiary/aromatic N) is 1. The molecule has 0 saturated heterocycles. The van der Waals surface area contributed by atoms with E-state index in [-0.39, 0.29) is 11.8 Å². The number of benzene rings is 1. The molecule has 1 aliphatic rings. The molecular weight excluding hydrogens is 272 g/mol. The van der Waals surface area contributed by atoms with Crippen LogP contribution in [0.25, 0.3) is 11.3 Å². The van der Waals surface area contributed by atoms with E-state index in [4.69, 9.17) is 4.74 Å². The van der Waals surface area contributed by atoms with Crippen LogP contribution in [0.2, 0.25) is 0 Å². The fourth-order valence-electron chi connectivity index (χ4n) is 2.13. The smallest absolute Gasteiger partial charge is 0.228 e. The highest BCUT2D eigenvalue weighted by molar-refractivity contribution is 7.10. The normalized spacial score (nSPS) is 20.5. The number of hydrogen-bond acceptors (Lipinski definition) is 4. The number of anilines is 1. The van der Waals surface area contributed by atoms with Crippen molar-refractivity contribution in [2.24, 2.45) is 11.8 Å². The summed E-state index contributed by atoms with van der Waals surface area (Å²) in [6, 6.07) is 9.64. The van der Waals surface area contributed by atoms with Crippen LogP contribution >= 0.6 is 11.5 Å². The zero-order valence-corrected chi connectivity index (χ0v) is 12.2. The standard InChI is InChI=1S/C15H16N2O2S/c1-9-7-12(9)15(18)16-14-8-13(17-20-14)10-3-5-11(19-2)6-4-10/h3-6,8-9,12H,7H2,1-2H3,(H,16,18). The number of rotatable bonds is 4. The van der Waals surface area contributed by atoms with Gasteiger partial charge in [-0.15, -0.1) is 0 Å². The van der Waals surface area contributed by atoms with Crippen molar-refractivity contribution in [2.75, 3.05) is 12.4 Å². The van der Waals surface area contributed by atoms with Gasteiger partial charge in [-0.2, -0.15) is 4.37 Å². The quantitative estimate of drug-likeness (QED) is 0.938. The molecule has 1 N–H and O–H groups in total. The van der Waals surface area contributed by atoms with Crippen molar-refractivity contribution < 1.29 is 9.53 Å². The van der Waals surface area contributed by atoms with E-state index in [0.717, 1.165) is 28.4 Å². The molecule has 1 heterocycles. The number of hydrogen-bond donors (Lipinski definition) is 1. The van der Waals surface area contributed by atoms with Gasteiger partial charge < -0.3 is 10.1 Å². The lowest BCUT2D eigenvalue weighted by atomic mass is 10.1. The lowest BCUT2D eigenvalue weighted by molar-refractivity contribution is -0.117. The van der Waals surface area contributed by atoms with Gasteiger partial charge in [-0.25, -0.2) is 0 Å². The molecular formula is C15H16N2O2S. The summed E-state index contributed by atoms with van der Waals surface area (Å²) in [5, 5.41) is 3.74. The molecule has 1 aliphatic carbocycles. The maximum atomic E-state index is 11.9. The molecule has 104 valence electrons. The largest absolute Gasteiger partial charge is 0.497 e. The molecule has 3 rings (SSSR count). The molecule has 1 aromatic heterocycles. The molecule has 1 fully saturated rings. The van der Waals surface area contributed by atoms with E-state index < -0.39 is 0 Å². The second kappa shape index (κ2) is 5.25. The molecule has 20 heavy (non-hydrogen) atoms. The van der Waals surface area contributed by atoms with E-state index in [0.29, 0.717) is 5.92 Å². The molecule has 1 aromatic carbocycles. The summed E-state index contributed by atoms with van der Waals surface area (Å²) < 4.78 is 9.51. The Morgan fingerprint density at radius 3 is 2.70 bits per heavy atom. The summed E-state index contributed by atoms with van der Waals surface area (Å²) in [5.74, 6) is 1.63. The first-order valence-corrected chi connectivity index (χ1v) is 7.36. The highest BCUT2D eigenvalue weighted by Gasteiger charge is 2.39. The van der Waals surface area contributed by atoms with Gasteiger partial charge in [0.25, 0.3) is 0 Å². The SMILES string of the molecule is COc1ccc(-c2cc(NC(=O)C3CC3C)sn2)cc1. The van der Waals surface area contributed by atoms with E-state index in [9.17, 15) is 4.79 Å². The first-order valence-electron chi connectivity index (χ1n) is 6.59. The summed E-state index contributed by atoms with van der Waals surface area (Å²) in [4.78, 5) is 11.9. The third kappa shape index (κ3) is 2.67. The van der Waals surface area contributed by atoms with Crippen LogP contribution < -0.4 is 10.1 Å². The topological polar surface area (TPSA) is 51.2 Å². The second-order valence-electron chi connectivity index (χ2n) is 5.11. The van der Waals surface area contributed by atoms with Crippen LogP contribution in [-0.2, 0) is 4.79 Å². The fourth-order valence-corrected chi connectivity index (χ4v) is 2.80. The fraction of sp³-hybridized carbons (Fsp3) is 0.333. The zero-order valence-electron chi connectivity index (χ0n) is 11.4. The molecule has 0 spiro atoms. The monoisotopic (exact) mass is 288 g/mol. The predicted octanol–water partition coefficient (Wildman–Crippen LogP) is 3.41. The van der Waals surface area contributed by atoms with E-state index in [1.807, 2.05) is 30.3 Å². The molecule has 0 aliphatic heterocycles. The number of carbonyl (C=O) groups excluding carboxylic acids is 1. The Hall–Kier alpha value is -1.88. The Labute approximate surface area is 121 Å². The van der Waals surface area contributed by atoms with E-state index in [1.165, 1.54) is 11.5 Å². The van der Waals surface area contributed by atoms with Gasteiger partial charge in [-0.3, -0.25) is 4.79 Å². The summed E-state index contributed by atoms with van der Waals surface area (Å²) >= 11 is 1.32. The number of aromatic nitrogens is 1. The van der Waals surface area contributed by atoms with Gasteiger partial charge in [0.15, 0.2) is 0 Å². The summed E-state index contributed by atoms with van der Waals surface area (Å²) in [5.41, 5.74) is 1.89. The van der Waals surface area contributed by atoms with Gasteiger partial charge in [0, 0.05) is 17.5 Å². The van der Waals surface area contributed by atoms with Gasteiger partial charge in [-0.1, -0.05) is 6.92 Å². The van der Waals surface area contributed by atoms with Crippen LogP contribution in [0.1, 0.15) is 13.3 Å². The van der Waals surface area contributed by atoms with Crippen LogP contribution in [0.4, 0.5) is 5.00 Å². The Kier molecular flexibility index (Phi) is 3.44. The number of methoxy groups -OCH3 is 1. The highest BCUT2D eigenvalue weighted by Crippen LogP contribution is 2.39. The summed E-state index contributed by atoms with van der Waals surface area (Å²) in [6.07, 6.45) is 0.996. The van der Waals surface area contributed by atoms with Crippen molar-refractivity contribution in [3.63, 3.8) is 0 Å². The molecule has 1 amide bonds. The number of carbonyl (C=O) groups is 1. The molecule has 2 unspecified atom stereocenters. The van der Waals surface area contributed by atoms with Crippen molar-refractivity contribution in [2.45, 2.75) is 13.3 Å². The highest BCUT2D eigenvalue weighted by atomic mass is 32.1. The molecule has 1 saturated carbocycles. The molecule has 0 radical (unpaired) electrons. The van der Waals surface area contributed by atoms with Gasteiger partial charge in [-0.05, 0) is 48.1 Å². The summed E-state index contributed by atoms with van der Waals surface area (Å²) in [6.45, 7) is 2.10. The first kappa shape index (κ1) is 13.1. The Morgan fingerprint density at radius 1 is 1.40 bits per heavy atom. The van der Waals surface area contributed by atoms with Crippen LogP contribution in [0.15, 0.2) is 30.3 Å². The molecule has 4 nitrogen and oxygen atoms in total. The predicted molar refractivity (Wildman–Crippen MR) is 80.0 cm³/mol.